The normalized spacial score (nSPS) is 16.8. The monoisotopic (exact) mass is 345 g/mol. The minimum Gasteiger partial charge on any atom is -0.467 e. The molecule has 2 N–H and O–H groups in total. The fourth-order valence-corrected chi connectivity index (χ4v) is 2.55. The summed E-state index contributed by atoms with van der Waals surface area (Å²) in [7, 11) is 0. The lowest BCUT2D eigenvalue weighted by Crippen LogP contribution is -2.31. The molecule has 4 amide bonds. The predicted molar refractivity (Wildman–Crippen MR) is 85.8 cm³/mol. The predicted octanol–water partition coefficient (Wildman–Crippen LogP) is 2.26. The van der Waals surface area contributed by atoms with E-state index in [0.717, 1.165) is 4.90 Å². The highest BCUT2D eigenvalue weighted by molar-refractivity contribution is 6.04. The van der Waals surface area contributed by atoms with E-state index in [4.69, 9.17) is 4.42 Å². The van der Waals surface area contributed by atoms with Crippen LogP contribution in [0.5, 0.6) is 0 Å². The molecular formula is C17H16FN3O4. The summed E-state index contributed by atoms with van der Waals surface area (Å²) < 4.78 is 18.2. The fourth-order valence-electron chi connectivity index (χ4n) is 2.55. The maximum absolute atomic E-state index is 13.1. The van der Waals surface area contributed by atoms with Crippen LogP contribution in [0, 0.1) is 5.82 Å². The zero-order chi connectivity index (χ0) is 17.8. The summed E-state index contributed by atoms with van der Waals surface area (Å²) in [6.45, 7) is 0.0453. The number of rotatable bonds is 6. The second-order valence-electron chi connectivity index (χ2n) is 5.60. The number of nitrogens with zero attached hydrogens (tertiary/aromatic N) is 1. The van der Waals surface area contributed by atoms with Gasteiger partial charge in [-0.2, -0.15) is 0 Å². The third-order valence-electron chi connectivity index (χ3n) is 3.77. The first kappa shape index (κ1) is 16.7. The molecule has 1 fully saturated rings. The molecule has 0 spiro atoms. The number of carbonyl (C=O) groups is 3. The number of nitrogens with one attached hydrogen (secondary N) is 2. The Bertz CT molecular complexity index is 791. The van der Waals surface area contributed by atoms with Crippen LogP contribution in [0.3, 0.4) is 0 Å². The molecular weight excluding hydrogens is 329 g/mol. The summed E-state index contributed by atoms with van der Waals surface area (Å²) in [4.78, 5) is 37.2. The van der Waals surface area contributed by atoms with Gasteiger partial charge >= 0.3 is 6.03 Å². The molecule has 1 aliphatic heterocycles. The molecule has 25 heavy (non-hydrogen) atoms. The number of halogens is 1. The zero-order valence-electron chi connectivity index (χ0n) is 13.2. The van der Waals surface area contributed by atoms with Crippen molar-refractivity contribution in [2.45, 2.75) is 25.4 Å². The van der Waals surface area contributed by atoms with Crippen LogP contribution in [0.1, 0.15) is 18.6 Å². The highest BCUT2D eigenvalue weighted by Crippen LogP contribution is 2.16. The lowest BCUT2D eigenvalue weighted by Gasteiger charge is -2.11. The van der Waals surface area contributed by atoms with Crippen LogP contribution >= 0.6 is 0 Å². The molecule has 1 aromatic heterocycles. The van der Waals surface area contributed by atoms with Crippen molar-refractivity contribution in [2.24, 2.45) is 0 Å². The van der Waals surface area contributed by atoms with E-state index in [1.165, 1.54) is 24.5 Å². The average molecular weight is 345 g/mol. The molecule has 0 bridgehead atoms. The van der Waals surface area contributed by atoms with Gasteiger partial charge in [-0.25, -0.2) is 9.18 Å². The van der Waals surface area contributed by atoms with Crippen LogP contribution in [0.25, 0.3) is 0 Å². The van der Waals surface area contributed by atoms with Crippen molar-refractivity contribution in [2.75, 3.05) is 5.32 Å². The molecule has 0 saturated carbocycles. The standard InChI is InChI=1S/C17H16FN3O4/c18-11-3-1-4-12(9-11)19-15(22)7-6-14-16(23)21(17(24)20-14)10-13-5-2-8-25-13/h1-5,8-9,14H,6-7,10H2,(H,19,22)(H,20,24). The Kier molecular flexibility index (Phi) is 4.78. The second kappa shape index (κ2) is 7.16. The summed E-state index contributed by atoms with van der Waals surface area (Å²) in [6, 6.07) is 7.58. The van der Waals surface area contributed by atoms with E-state index in [-0.39, 0.29) is 25.3 Å². The van der Waals surface area contributed by atoms with Gasteiger partial charge in [0, 0.05) is 12.1 Å². The van der Waals surface area contributed by atoms with Gasteiger partial charge in [0.25, 0.3) is 5.91 Å². The summed E-state index contributed by atoms with van der Waals surface area (Å²) in [6.07, 6.45) is 1.63. The molecule has 1 aromatic carbocycles. The third-order valence-corrected chi connectivity index (χ3v) is 3.77. The molecule has 7 nitrogen and oxygen atoms in total. The van der Waals surface area contributed by atoms with Crippen LogP contribution in [0.4, 0.5) is 14.9 Å². The fraction of sp³-hybridized carbons (Fsp3) is 0.235. The van der Waals surface area contributed by atoms with Gasteiger partial charge in [0.2, 0.25) is 5.91 Å². The van der Waals surface area contributed by atoms with Crippen molar-refractivity contribution < 1.29 is 23.2 Å². The molecule has 0 radical (unpaired) electrons. The van der Waals surface area contributed by atoms with Crippen molar-refractivity contribution in [3.8, 4) is 0 Å². The van der Waals surface area contributed by atoms with Crippen molar-refractivity contribution in [3.05, 3.63) is 54.2 Å². The van der Waals surface area contributed by atoms with E-state index < -0.39 is 23.8 Å². The van der Waals surface area contributed by atoms with Gasteiger partial charge in [0.05, 0.1) is 12.8 Å². The zero-order valence-corrected chi connectivity index (χ0v) is 13.2. The summed E-state index contributed by atoms with van der Waals surface area (Å²) in [5.74, 6) is -0.727. The molecule has 1 aliphatic rings. The topological polar surface area (TPSA) is 91.7 Å². The first-order valence-corrected chi connectivity index (χ1v) is 7.72. The largest absolute Gasteiger partial charge is 0.467 e. The number of hydrogen-bond donors (Lipinski definition) is 2. The van der Waals surface area contributed by atoms with Gasteiger partial charge < -0.3 is 15.1 Å². The highest BCUT2D eigenvalue weighted by Gasteiger charge is 2.38. The Morgan fingerprint density at radius 3 is 2.84 bits per heavy atom. The van der Waals surface area contributed by atoms with Crippen LogP contribution in [0.15, 0.2) is 47.1 Å². The van der Waals surface area contributed by atoms with Gasteiger partial charge in [-0.1, -0.05) is 6.07 Å². The van der Waals surface area contributed by atoms with E-state index in [1.54, 1.807) is 18.2 Å². The number of furan rings is 1. The molecule has 2 aromatic rings. The Labute approximate surface area is 142 Å². The van der Waals surface area contributed by atoms with Crippen LogP contribution in [-0.2, 0) is 16.1 Å². The lowest BCUT2D eigenvalue weighted by molar-refractivity contribution is -0.128. The van der Waals surface area contributed by atoms with Crippen LogP contribution < -0.4 is 10.6 Å². The molecule has 0 aliphatic carbocycles. The van der Waals surface area contributed by atoms with Crippen LogP contribution in [-0.4, -0.2) is 28.8 Å². The van der Waals surface area contributed by atoms with Gasteiger partial charge in [0.15, 0.2) is 0 Å². The number of benzene rings is 1. The molecule has 3 rings (SSSR count). The van der Waals surface area contributed by atoms with E-state index in [1.807, 2.05) is 0 Å². The molecule has 1 atom stereocenters. The Balaban J connectivity index is 1.52. The Morgan fingerprint density at radius 2 is 2.12 bits per heavy atom. The van der Waals surface area contributed by atoms with Crippen molar-refractivity contribution in [3.63, 3.8) is 0 Å². The number of carbonyl (C=O) groups excluding carboxylic acids is 3. The number of amides is 4. The molecule has 2 heterocycles. The molecule has 8 heteroatoms. The lowest BCUT2D eigenvalue weighted by atomic mass is 10.1. The number of anilines is 1. The molecule has 1 unspecified atom stereocenters. The van der Waals surface area contributed by atoms with Gasteiger partial charge in [-0.05, 0) is 36.8 Å². The number of urea groups is 1. The SMILES string of the molecule is O=C(CCC1NC(=O)N(Cc2ccco2)C1=O)Nc1cccc(F)c1. The van der Waals surface area contributed by atoms with Crippen molar-refractivity contribution in [1.29, 1.82) is 0 Å². The smallest absolute Gasteiger partial charge is 0.325 e. The first-order chi connectivity index (χ1) is 12.0. The van der Waals surface area contributed by atoms with E-state index in [9.17, 15) is 18.8 Å². The van der Waals surface area contributed by atoms with Gasteiger partial charge in [-0.15, -0.1) is 0 Å². The number of hydrogen-bond acceptors (Lipinski definition) is 4. The molecule has 1 saturated heterocycles. The minimum atomic E-state index is -0.763. The van der Waals surface area contributed by atoms with Crippen LogP contribution in [0.2, 0.25) is 0 Å². The summed E-state index contributed by atoms with van der Waals surface area (Å²) in [5, 5.41) is 5.10. The van der Waals surface area contributed by atoms with Gasteiger partial charge in [-0.3, -0.25) is 14.5 Å². The average Bonchev–Trinajstić information content (AvgIpc) is 3.17. The Hall–Kier alpha value is -3.16. The van der Waals surface area contributed by atoms with E-state index in [2.05, 4.69) is 10.6 Å². The maximum Gasteiger partial charge on any atom is 0.325 e. The first-order valence-electron chi connectivity index (χ1n) is 7.72. The second-order valence-corrected chi connectivity index (χ2v) is 5.60. The Morgan fingerprint density at radius 1 is 1.28 bits per heavy atom. The van der Waals surface area contributed by atoms with Crippen molar-refractivity contribution >= 4 is 23.5 Å². The maximum atomic E-state index is 13.1. The van der Waals surface area contributed by atoms with E-state index >= 15 is 0 Å². The highest BCUT2D eigenvalue weighted by atomic mass is 19.1. The third kappa shape index (κ3) is 4.03. The number of imide groups is 1. The summed E-state index contributed by atoms with van der Waals surface area (Å²) >= 11 is 0. The van der Waals surface area contributed by atoms with Crippen molar-refractivity contribution in [1.82, 2.24) is 10.2 Å². The van der Waals surface area contributed by atoms with Gasteiger partial charge in [0.1, 0.15) is 17.6 Å². The van der Waals surface area contributed by atoms with E-state index in [0.29, 0.717) is 11.4 Å². The molecule has 130 valence electrons. The quantitative estimate of drug-likeness (QED) is 0.786. The minimum absolute atomic E-state index is 0.0157. The summed E-state index contributed by atoms with van der Waals surface area (Å²) in [5.41, 5.74) is 0.339.